The van der Waals surface area contributed by atoms with Gasteiger partial charge in [0.2, 0.25) is 5.91 Å². The van der Waals surface area contributed by atoms with E-state index in [9.17, 15) is 4.79 Å². The third-order valence-corrected chi connectivity index (χ3v) is 2.18. The molecular weight excluding hydrogens is 206 g/mol. The standard InChI is InChI=1S/C10H19N5O/c1-3-4-5-12-10(16)7-15-6-9(8(2)11)13-14-15/h6,8H,3-5,7,11H2,1-2H3,(H,12,16). The average Bonchev–Trinajstić information content (AvgIpc) is 2.66. The number of unbranched alkanes of at least 4 members (excludes halogenated alkanes) is 1. The number of carbonyl (C=O) groups excluding carboxylic acids is 1. The first-order chi connectivity index (χ1) is 7.63. The Morgan fingerprint density at radius 3 is 3.00 bits per heavy atom. The predicted octanol–water partition coefficient (Wildman–Crippen LogP) is 0.214. The maximum atomic E-state index is 11.4. The van der Waals surface area contributed by atoms with E-state index in [4.69, 9.17) is 5.73 Å². The molecule has 3 N–H and O–H groups in total. The van der Waals surface area contributed by atoms with E-state index >= 15 is 0 Å². The Bertz CT molecular complexity index is 334. The van der Waals surface area contributed by atoms with Gasteiger partial charge in [0.1, 0.15) is 6.54 Å². The molecule has 6 heteroatoms. The Morgan fingerprint density at radius 2 is 2.44 bits per heavy atom. The molecule has 0 aliphatic rings. The van der Waals surface area contributed by atoms with Crippen molar-refractivity contribution in [1.29, 1.82) is 0 Å². The molecule has 0 aliphatic carbocycles. The molecule has 0 bridgehead atoms. The van der Waals surface area contributed by atoms with Gasteiger partial charge in [-0.3, -0.25) is 4.79 Å². The number of rotatable bonds is 6. The summed E-state index contributed by atoms with van der Waals surface area (Å²) in [5.41, 5.74) is 6.34. The van der Waals surface area contributed by atoms with Gasteiger partial charge in [-0.2, -0.15) is 0 Å². The molecule has 0 saturated heterocycles. The maximum absolute atomic E-state index is 11.4. The largest absolute Gasteiger partial charge is 0.354 e. The summed E-state index contributed by atoms with van der Waals surface area (Å²) in [7, 11) is 0. The van der Waals surface area contributed by atoms with E-state index in [0.717, 1.165) is 12.8 Å². The zero-order valence-corrected chi connectivity index (χ0v) is 9.81. The quantitative estimate of drug-likeness (QED) is 0.678. The second-order valence-electron chi connectivity index (χ2n) is 3.83. The van der Waals surface area contributed by atoms with Crippen molar-refractivity contribution < 1.29 is 4.79 Å². The third kappa shape index (κ3) is 3.98. The van der Waals surface area contributed by atoms with Crippen LogP contribution in [0.4, 0.5) is 0 Å². The Morgan fingerprint density at radius 1 is 1.69 bits per heavy atom. The number of nitrogens with one attached hydrogen (secondary N) is 1. The van der Waals surface area contributed by atoms with Crippen LogP contribution in [-0.4, -0.2) is 27.4 Å². The van der Waals surface area contributed by atoms with Gasteiger partial charge in [0, 0.05) is 12.6 Å². The fourth-order valence-electron chi connectivity index (χ4n) is 1.21. The number of aromatic nitrogens is 3. The molecule has 1 atom stereocenters. The smallest absolute Gasteiger partial charge is 0.241 e. The zero-order valence-electron chi connectivity index (χ0n) is 9.81. The summed E-state index contributed by atoms with van der Waals surface area (Å²) in [6.45, 7) is 4.82. The summed E-state index contributed by atoms with van der Waals surface area (Å²) in [5.74, 6) is -0.0467. The van der Waals surface area contributed by atoms with Crippen molar-refractivity contribution in [2.24, 2.45) is 5.73 Å². The van der Waals surface area contributed by atoms with Gasteiger partial charge in [-0.15, -0.1) is 5.10 Å². The molecule has 0 fully saturated rings. The van der Waals surface area contributed by atoms with Gasteiger partial charge < -0.3 is 11.1 Å². The Hall–Kier alpha value is -1.43. The minimum absolute atomic E-state index is 0.0467. The third-order valence-electron chi connectivity index (χ3n) is 2.18. The second kappa shape index (κ2) is 6.22. The van der Waals surface area contributed by atoms with Crippen LogP contribution in [0.5, 0.6) is 0 Å². The zero-order chi connectivity index (χ0) is 12.0. The number of nitrogens with zero attached hydrogens (tertiary/aromatic N) is 3. The van der Waals surface area contributed by atoms with Gasteiger partial charge in [0.25, 0.3) is 0 Å². The number of hydrogen-bond acceptors (Lipinski definition) is 4. The molecule has 1 heterocycles. The molecule has 0 spiro atoms. The minimum atomic E-state index is -0.156. The summed E-state index contributed by atoms with van der Waals surface area (Å²) < 4.78 is 1.50. The van der Waals surface area contributed by atoms with Crippen LogP contribution in [0.25, 0.3) is 0 Å². The van der Waals surface area contributed by atoms with E-state index in [-0.39, 0.29) is 18.5 Å². The normalized spacial score (nSPS) is 12.4. The van der Waals surface area contributed by atoms with Gasteiger partial charge in [-0.05, 0) is 13.3 Å². The van der Waals surface area contributed by atoms with Gasteiger partial charge in [0.05, 0.1) is 11.9 Å². The molecule has 0 saturated carbocycles. The molecule has 16 heavy (non-hydrogen) atoms. The SMILES string of the molecule is CCCCNC(=O)Cn1cc(C(C)N)nn1. The van der Waals surface area contributed by atoms with E-state index in [1.165, 1.54) is 4.68 Å². The van der Waals surface area contributed by atoms with Gasteiger partial charge in [-0.1, -0.05) is 18.6 Å². The lowest BCUT2D eigenvalue weighted by Gasteiger charge is -2.03. The summed E-state index contributed by atoms with van der Waals surface area (Å²) >= 11 is 0. The van der Waals surface area contributed by atoms with Crippen LogP contribution in [0.15, 0.2) is 6.20 Å². The fourth-order valence-corrected chi connectivity index (χ4v) is 1.21. The number of hydrogen-bond donors (Lipinski definition) is 2. The number of carbonyl (C=O) groups is 1. The molecular formula is C10H19N5O. The van der Waals surface area contributed by atoms with Crippen LogP contribution in [-0.2, 0) is 11.3 Å². The number of amides is 1. The second-order valence-corrected chi connectivity index (χ2v) is 3.83. The molecule has 90 valence electrons. The van der Waals surface area contributed by atoms with Gasteiger partial charge in [0.15, 0.2) is 0 Å². The van der Waals surface area contributed by atoms with Crippen molar-refractivity contribution in [2.75, 3.05) is 6.54 Å². The molecule has 0 aliphatic heterocycles. The van der Waals surface area contributed by atoms with E-state index < -0.39 is 0 Å². The summed E-state index contributed by atoms with van der Waals surface area (Å²) in [4.78, 5) is 11.4. The topological polar surface area (TPSA) is 85.8 Å². The molecule has 0 aromatic carbocycles. The van der Waals surface area contributed by atoms with Crippen LogP contribution >= 0.6 is 0 Å². The van der Waals surface area contributed by atoms with E-state index in [0.29, 0.717) is 12.2 Å². The molecule has 1 aromatic rings. The molecule has 1 amide bonds. The average molecular weight is 225 g/mol. The van der Waals surface area contributed by atoms with Gasteiger partial charge >= 0.3 is 0 Å². The molecule has 1 aromatic heterocycles. The lowest BCUT2D eigenvalue weighted by atomic mass is 10.3. The summed E-state index contributed by atoms with van der Waals surface area (Å²) in [5, 5.41) is 10.5. The first-order valence-electron chi connectivity index (χ1n) is 5.55. The lowest BCUT2D eigenvalue weighted by molar-refractivity contribution is -0.121. The van der Waals surface area contributed by atoms with Crippen LogP contribution in [0, 0.1) is 0 Å². The van der Waals surface area contributed by atoms with E-state index in [2.05, 4.69) is 22.6 Å². The highest BCUT2D eigenvalue weighted by Gasteiger charge is 2.07. The van der Waals surface area contributed by atoms with Crippen LogP contribution in [0.3, 0.4) is 0 Å². The van der Waals surface area contributed by atoms with Crippen molar-refractivity contribution in [3.63, 3.8) is 0 Å². The van der Waals surface area contributed by atoms with Crippen molar-refractivity contribution in [1.82, 2.24) is 20.3 Å². The summed E-state index contributed by atoms with van der Waals surface area (Å²) in [6.07, 6.45) is 3.76. The van der Waals surface area contributed by atoms with Crippen molar-refractivity contribution in [3.05, 3.63) is 11.9 Å². The molecule has 1 rings (SSSR count). The van der Waals surface area contributed by atoms with Crippen molar-refractivity contribution in [3.8, 4) is 0 Å². The monoisotopic (exact) mass is 225 g/mol. The van der Waals surface area contributed by atoms with Gasteiger partial charge in [-0.25, -0.2) is 4.68 Å². The Balaban J connectivity index is 2.37. The highest BCUT2D eigenvalue weighted by atomic mass is 16.2. The Kier molecular flexibility index (Phi) is 4.91. The van der Waals surface area contributed by atoms with Crippen LogP contribution in [0.2, 0.25) is 0 Å². The fraction of sp³-hybridized carbons (Fsp3) is 0.700. The van der Waals surface area contributed by atoms with E-state index in [1.54, 1.807) is 6.20 Å². The van der Waals surface area contributed by atoms with E-state index in [1.807, 2.05) is 6.92 Å². The minimum Gasteiger partial charge on any atom is -0.354 e. The molecule has 0 radical (unpaired) electrons. The Labute approximate surface area is 95.2 Å². The maximum Gasteiger partial charge on any atom is 0.241 e. The van der Waals surface area contributed by atoms with Crippen LogP contribution in [0.1, 0.15) is 38.4 Å². The molecule has 6 nitrogen and oxygen atoms in total. The number of nitrogens with two attached hydrogens (primary N) is 1. The first kappa shape index (κ1) is 12.6. The summed E-state index contributed by atoms with van der Waals surface area (Å²) in [6, 6.07) is -0.156. The first-order valence-corrected chi connectivity index (χ1v) is 5.55. The van der Waals surface area contributed by atoms with Crippen LogP contribution < -0.4 is 11.1 Å². The highest BCUT2D eigenvalue weighted by molar-refractivity contribution is 5.75. The lowest BCUT2D eigenvalue weighted by Crippen LogP contribution is -2.28. The highest BCUT2D eigenvalue weighted by Crippen LogP contribution is 2.02. The van der Waals surface area contributed by atoms with Crippen molar-refractivity contribution in [2.45, 2.75) is 39.3 Å². The predicted molar refractivity (Wildman–Crippen MR) is 60.5 cm³/mol. The molecule has 1 unspecified atom stereocenters. The van der Waals surface area contributed by atoms with Crippen molar-refractivity contribution >= 4 is 5.91 Å².